The van der Waals surface area contributed by atoms with Gasteiger partial charge < -0.3 is 4.74 Å². The van der Waals surface area contributed by atoms with Gasteiger partial charge in [0.05, 0.1) is 18.2 Å². The molecule has 0 aromatic heterocycles. The van der Waals surface area contributed by atoms with Crippen LogP contribution < -0.4 is 14.5 Å². The standard InChI is InChI=1S/C25H27N3O4S/c1-19-13-14-20(2)23(15-19)28(33(3,30)31)17-25(29)27-26-16-22-11-7-8-12-24(22)32-18-21-9-5-4-6-10-21/h4-16H,17-18H2,1-3H3,(H,27,29)/b26-16-. The fraction of sp³-hybridized carbons (Fsp3) is 0.200. The molecule has 0 unspecified atom stereocenters. The summed E-state index contributed by atoms with van der Waals surface area (Å²) in [7, 11) is -3.67. The Morgan fingerprint density at radius 1 is 1.03 bits per heavy atom. The predicted molar refractivity (Wildman–Crippen MR) is 131 cm³/mol. The Balaban J connectivity index is 1.67. The minimum absolute atomic E-state index is 0.382. The quantitative estimate of drug-likeness (QED) is 0.385. The lowest BCUT2D eigenvalue weighted by atomic mass is 10.1. The van der Waals surface area contributed by atoms with Gasteiger partial charge in [-0.05, 0) is 48.7 Å². The predicted octanol–water partition coefficient (Wildman–Crippen LogP) is 3.80. The van der Waals surface area contributed by atoms with Gasteiger partial charge in [-0.1, -0.05) is 54.6 Å². The lowest BCUT2D eigenvalue weighted by Crippen LogP contribution is -2.39. The van der Waals surface area contributed by atoms with Gasteiger partial charge in [0, 0.05) is 5.56 Å². The van der Waals surface area contributed by atoms with Gasteiger partial charge in [-0.15, -0.1) is 0 Å². The summed E-state index contributed by atoms with van der Waals surface area (Å²) in [5.74, 6) is 0.0627. The molecule has 33 heavy (non-hydrogen) atoms. The zero-order chi connectivity index (χ0) is 23.8. The third-order valence-corrected chi connectivity index (χ3v) is 6.00. The Bertz CT molecular complexity index is 1240. The summed E-state index contributed by atoms with van der Waals surface area (Å²) in [5.41, 5.74) is 6.25. The topological polar surface area (TPSA) is 88.1 Å². The first-order chi connectivity index (χ1) is 15.7. The van der Waals surface area contributed by atoms with Crippen LogP contribution >= 0.6 is 0 Å². The van der Waals surface area contributed by atoms with Crippen molar-refractivity contribution >= 4 is 27.8 Å². The summed E-state index contributed by atoms with van der Waals surface area (Å²) in [6, 6.07) is 22.6. The molecule has 0 aliphatic rings. The molecule has 0 heterocycles. The first-order valence-electron chi connectivity index (χ1n) is 10.4. The minimum Gasteiger partial charge on any atom is -0.488 e. The summed E-state index contributed by atoms with van der Waals surface area (Å²) in [4.78, 5) is 12.5. The Morgan fingerprint density at radius 3 is 2.45 bits per heavy atom. The molecule has 0 bridgehead atoms. The van der Waals surface area contributed by atoms with Crippen LogP contribution in [0.5, 0.6) is 5.75 Å². The number of ether oxygens (including phenoxy) is 1. The third-order valence-electron chi connectivity index (χ3n) is 4.87. The van der Waals surface area contributed by atoms with Gasteiger partial charge in [0.15, 0.2) is 0 Å². The normalized spacial score (nSPS) is 11.4. The van der Waals surface area contributed by atoms with Crippen LogP contribution in [-0.4, -0.2) is 33.3 Å². The second-order valence-corrected chi connectivity index (χ2v) is 9.57. The van der Waals surface area contributed by atoms with E-state index in [9.17, 15) is 13.2 Å². The van der Waals surface area contributed by atoms with Crippen LogP contribution in [0.4, 0.5) is 5.69 Å². The first-order valence-corrected chi connectivity index (χ1v) is 12.2. The molecular formula is C25H27N3O4S. The van der Waals surface area contributed by atoms with Crippen molar-refractivity contribution in [2.45, 2.75) is 20.5 Å². The van der Waals surface area contributed by atoms with E-state index >= 15 is 0 Å². The molecule has 0 aliphatic heterocycles. The van der Waals surface area contributed by atoms with Crippen molar-refractivity contribution in [1.29, 1.82) is 0 Å². The lowest BCUT2D eigenvalue weighted by Gasteiger charge is -2.23. The van der Waals surface area contributed by atoms with Crippen molar-refractivity contribution in [1.82, 2.24) is 5.43 Å². The third kappa shape index (κ3) is 6.92. The molecule has 0 saturated heterocycles. The highest BCUT2D eigenvalue weighted by atomic mass is 32.2. The molecule has 7 nitrogen and oxygen atoms in total. The van der Waals surface area contributed by atoms with Crippen molar-refractivity contribution in [3.05, 3.63) is 95.1 Å². The number of aryl methyl sites for hydroxylation is 2. The summed E-state index contributed by atoms with van der Waals surface area (Å²) in [6.45, 7) is 3.68. The molecule has 3 rings (SSSR count). The Morgan fingerprint density at radius 2 is 1.73 bits per heavy atom. The number of para-hydroxylation sites is 1. The number of sulfonamides is 1. The van der Waals surface area contributed by atoms with E-state index in [0.717, 1.165) is 27.3 Å². The second-order valence-electron chi connectivity index (χ2n) is 7.66. The highest BCUT2D eigenvalue weighted by molar-refractivity contribution is 7.92. The number of nitrogens with zero attached hydrogens (tertiary/aromatic N) is 2. The van der Waals surface area contributed by atoms with Crippen LogP contribution in [-0.2, 0) is 21.4 Å². The number of benzene rings is 3. The molecule has 0 saturated carbocycles. The van der Waals surface area contributed by atoms with Gasteiger partial charge in [-0.25, -0.2) is 13.8 Å². The average Bonchev–Trinajstić information content (AvgIpc) is 2.78. The molecule has 0 atom stereocenters. The molecule has 1 N–H and O–H groups in total. The fourth-order valence-corrected chi connectivity index (χ4v) is 4.07. The number of anilines is 1. The molecule has 3 aromatic rings. The zero-order valence-electron chi connectivity index (χ0n) is 18.9. The SMILES string of the molecule is Cc1ccc(C)c(N(CC(=O)N/N=C\c2ccccc2OCc2ccccc2)S(C)(=O)=O)c1. The average molecular weight is 466 g/mol. The summed E-state index contributed by atoms with van der Waals surface area (Å²) < 4.78 is 31.7. The first kappa shape index (κ1) is 24.0. The largest absolute Gasteiger partial charge is 0.488 e. The molecule has 172 valence electrons. The van der Waals surface area contributed by atoms with Gasteiger partial charge >= 0.3 is 0 Å². The molecule has 0 spiro atoms. The van der Waals surface area contributed by atoms with Gasteiger partial charge in [0.25, 0.3) is 5.91 Å². The van der Waals surface area contributed by atoms with Crippen LogP contribution in [0.25, 0.3) is 0 Å². The van der Waals surface area contributed by atoms with Gasteiger partial charge in [0.1, 0.15) is 18.9 Å². The summed E-state index contributed by atoms with van der Waals surface area (Å²) in [5, 5.41) is 4.00. The molecule has 0 radical (unpaired) electrons. The number of hydrogen-bond acceptors (Lipinski definition) is 5. The van der Waals surface area contributed by atoms with E-state index < -0.39 is 15.9 Å². The van der Waals surface area contributed by atoms with Crippen LogP contribution in [0.1, 0.15) is 22.3 Å². The highest BCUT2D eigenvalue weighted by Crippen LogP contribution is 2.23. The zero-order valence-corrected chi connectivity index (χ0v) is 19.7. The minimum atomic E-state index is -3.67. The number of amides is 1. The van der Waals surface area contributed by atoms with Crippen molar-refractivity contribution in [2.75, 3.05) is 17.1 Å². The van der Waals surface area contributed by atoms with Gasteiger partial charge in [0.2, 0.25) is 10.0 Å². The van der Waals surface area contributed by atoms with Crippen LogP contribution in [0.3, 0.4) is 0 Å². The number of carbonyl (C=O) groups is 1. The highest BCUT2D eigenvalue weighted by Gasteiger charge is 2.22. The van der Waals surface area contributed by atoms with Crippen molar-refractivity contribution < 1.29 is 17.9 Å². The lowest BCUT2D eigenvalue weighted by molar-refractivity contribution is -0.119. The van der Waals surface area contributed by atoms with Crippen LogP contribution in [0.2, 0.25) is 0 Å². The van der Waals surface area contributed by atoms with Crippen molar-refractivity contribution in [2.24, 2.45) is 5.10 Å². The van der Waals surface area contributed by atoms with E-state index in [1.165, 1.54) is 6.21 Å². The van der Waals surface area contributed by atoms with E-state index in [-0.39, 0.29) is 6.54 Å². The van der Waals surface area contributed by atoms with Crippen LogP contribution in [0.15, 0.2) is 77.9 Å². The maximum atomic E-state index is 12.5. The summed E-state index contributed by atoms with van der Waals surface area (Å²) in [6.07, 6.45) is 2.55. The number of rotatable bonds is 9. The Hall–Kier alpha value is -3.65. The number of carbonyl (C=O) groups excluding carboxylic acids is 1. The van der Waals surface area contributed by atoms with Gasteiger partial charge in [-0.3, -0.25) is 9.10 Å². The van der Waals surface area contributed by atoms with E-state index in [4.69, 9.17) is 4.74 Å². The molecule has 1 amide bonds. The van der Waals surface area contributed by atoms with Crippen LogP contribution in [0, 0.1) is 13.8 Å². The van der Waals surface area contributed by atoms with E-state index in [1.807, 2.05) is 73.7 Å². The Labute approximate surface area is 194 Å². The molecule has 8 heteroatoms. The molecule has 0 fully saturated rings. The maximum Gasteiger partial charge on any atom is 0.260 e. The molecular weight excluding hydrogens is 438 g/mol. The maximum absolute atomic E-state index is 12.5. The number of hydrazone groups is 1. The van der Waals surface area contributed by atoms with Gasteiger partial charge in [-0.2, -0.15) is 5.10 Å². The molecule has 3 aromatic carbocycles. The smallest absolute Gasteiger partial charge is 0.260 e. The fourth-order valence-electron chi connectivity index (χ4n) is 3.16. The van der Waals surface area contributed by atoms with Crippen molar-refractivity contribution in [3.63, 3.8) is 0 Å². The summed E-state index contributed by atoms with van der Waals surface area (Å²) >= 11 is 0. The Kier molecular flexibility index (Phi) is 7.84. The second kappa shape index (κ2) is 10.8. The number of hydrogen-bond donors (Lipinski definition) is 1. The van der Waals surface area contributed by atoms with E-state index in [1.54, 1.807) is 13.0 Å². The number of nitrogens with one attached hydrogen (secondary N) is 1. The molecule has 0 aliphatic carbocycles. The van der Waals surface area contributed by atoms with Crippen molar-refractivity contribution in [3.8, 4) is 5.75 Å². The van der Waals surface area contributed by atoms with E-state index in [0.29, 0.717) is 23.6 Å². The van der Waals surface area contributed by atoms with E-state index in [2.05, 4.69) is 10.5 Å². The monoisotopic (exact) mass is 465 g/mol.